The van der Waals surface area contributed by atoms with E-state index in [9.17, 15) is 9.59 Å². The predicted molar refractivity (Wildman–Crippen MR) is 75.3 cm³/mol. The largest absolute Gasteiger partial charge is 0.317 e. The lowest BCUT2D eigenvalue weighted by Gasteiger charge is -2.24. The zero-order chi connectivity index (χ0) is 14.4. The van der Waals surface area contributed by atoms with E-state index in [0.29, 0.717) is 22.5 Å². The van der Waals surface area contributed by atoms with E-state index in [1.54, 1.807) is 16.8 Å². The second kappa shape index (κ2) is 4.60. The van der Waals surface area contributed by atoms with E-state index in [0.717, 1.165) is 25.9 Å². The van der Waals surface area contributed by atoms with Gasteiger partial charge in [-0.3, -0.25) is 9.59 Å². The number of hydrogen-bond acceptors (Lipinski definition) is 5. The number of piperidine rings is 1. The van der Waals surface area contributed by atoms with Crippen LogP contribution in [0, 0.1) is 0 Å². The van der Waals surface area contributed by atoms with Gasteiger partial charge in [-0.15, -0.1) is 5.10 Å². The fourth-order valence-electron chi connectivity index (χ4n) is 3.11. The van der Waals surface area contributed by atoms with Crippen molar-refractivity contribution in [2.24, 2.45) is 0 Å². The number of carbonyl (C=O) groups excluding carboxylic acids is 2. The number of rotatable bonds is 1. The molecule has 0 saturated carbocycles. The van der Waals surface area contributed by atoms with Gasteiger partial charge in [0.15, 0.2) is 0 Å². The van der Waals surface area contributed by atoms with E-state index < -0.39 is 11.6 Å². The summed E-state index contributed by atoms with van der Waals surface area (Å²) in [5.41, 5.74) is 2.02. The number of hydrogen-bond donors (Lipinski definition) is 1. The second-order valence-electron chi connectivity index (χ2n) is 5.42. The molecule has 21 heavy (non-hydrogen) atoms. The second-order valence-corrected chi connectivity index (χ2v) is 5.42. The molecule has 0 spiro atoms. The zero-order valence-corrected chi connectivity index (χ0v) is 11.4. The Morgan fingerprint density at radius 3 is 2.52 bits per heavy atom. The molecule has 0 atom stereocenters. The SMILES string of the molecule is O=C1C(=O)c2c(nnn2C2CCNCC2)-c2ccccc21. The Morgan fingerprint density at radius 1 is 1.05 bits per heavy atom. The van der Waals surface area contributed by atoms with Crippen LogP contribution in [-0.2, 0) is 0 Å². The van der Waals surface area contributed by atoms with Crippen LogP contribution in [0.5, 0.6) is 0 Å². The summed E-state index contributed by atoms with van der Waals surface area (Å²) in [6.45, 7) is 1.77. The Labute approximate surface area is 121 Å². The summed E-state index contributed by atoms with van der Waals surface area (Å²) >= 11 is 0. The van der Waals surface area contributed by atoms with Gasteiger partial charge in [0, 0.05) is 11.1 Å². The molecule has 1 N–H and O–H groups in total. The third-order valence-corrected chi connectivity index (χ3v) is 4.20. The molecule has 2 heterocycles. The standard InChI is InChI=1S/C15H14N4O2/c20-14-11-4-2-1-3-10(11)12-13(15(14)21)19(18-17-12)9-5-7-16-8-6-9/h1-4,9,16H,5-8H2. The van der Waals surface area contributed by atoms with Gasteiger partial charge in [-0.2, -0.15) is 0 Å². The number of Topliss-reactive ketones (excluding diaryl/α,β-unsaturated/α-hetero) is 2. The summed E-state index contributed by atoms with van der Waals surface area (Å²) in [5, 5.41) is 11.6. The highest BCUT2D eigenvalue weighted by molar-refractivity contribution is 6.52. The van der Waals surface area contributed by atoms with Crippen LogP contribution in [0.4, 0.5) is 0 Å². The van der Waals surface area contributed by atoms with Crippen LogP contribution < -0.4 is 5.32 Å². The van der Waals surface area contributed by atoms with Crippen LogP contribution in [0.2, 0.25) is 0 Å². The van der Waals surface area contributed by atoms with E-state index in [1.165, 1.54) is 0 Å². The first-order valence-corrected chi connectivity index (χ1v) is 7.11. The van der Waals surface area contributed by atoms with Crippen molar-refractivity contribution in [3.05, 3.63) is 35.5 Å². The number of benzene rings is 1. The number of ketones is 2. The topological polar surface area (TPSA) is 76.9 Å². The summed E-state index contributed by atoms with van der Waals surface area (Å²) in [7, 11) is 0. The first kappa shape index (κ1) is 12.4. The Balaban J connectivity index is 1.89. The number of carbonyl (C=O) groups is 2. The van der Waals surface area contributed by atoms with Gasteiger partial charge < -0.3 is 5.32 Å². The average molecular weight is 282 g/mol. The number of nitrogens with zero attached hydrogens (tertiary/aromatic N) is 3. The molecule has 6 heteroatoms. The molecule has 106 valence electrons. The molecule has 1 aromatic carbocycles. The lowest BCUT2D eigenvalue weighted by Crippen LogP contribution is -2.32. The van der Waals surface area contributed by atoms with Crippen molar-refractivity contribution in [3.63, 3.8) is 0 Å². The van der Waals surface area contributed by atoms with E-state index in [4.69, 9.17) is 0 Å². The van der Waals surface area contributed by atoms with Crippen molar-refractivity contribution >= 4 is 11.6 Å². The molecule has 0 unspecified atom stereocenters. The normalized spacial score (nSPS) is 18.5. The predicted octanol–water partition coefficient (Wildman–Crippen LogP) is 1.25. The number of fused-ring (bicyclic) bond motifs is 3. The molecule has 1 fully saturated rings. The zero-order valence-electron chi connectivity index (χ0n) is 11.4. The first-order valence-electron chi connectivity index (χ1n) is 7.11. The van der Waals surface area contributed by atoms with Crippen molar-refractivity contribution in [2.45, 2.75) is 18.9 Å². The molecule has 2 aromatic rings. The van der Waals surface area contributed by atoms with Crippen molar-refractivity contribution in [3.8, 4) is 11.3 Å². The molecule has 2 aliphatic rings. The third kappa shape index (κ3) is 1.76. The minimum absolute atomic E-state index is 0.129. The summed E-state index contributed by atoms with van der Waals surface area (Å²) in [6, 6.07) is 7.22. The van der Waals surface area contributed by atoms with Gasteiger partial charge in [0.2, 0.25) is 5.78 Å². The van der Waals surface area contributed by atoms with Gasteiger partial charge in [0.05, 0.1) is 6.04 Å². The molecule has 1 saturated heterocycles. The summed E-state index contributed by atoms with van der Waals surface area (Å²) < 4.78 is 1.66. The van der Waals surface area contributed by atoms with Crippen molar-refractivity contribution < 1.29 is 9.59 Å². The Morgan fingerprint density at radius 2 is 1.76 bits per heavy atom. The first-order chi connectivity index (χ1) is 10.3. The van der Waals surface area contributed by atoms with Crippen LogP contribution in [0.15, 0.2) is 24.3 Å². The van der Waals surface area contributed by atoms with Crippen LogP contribution in [0.25, 0.3) is 11.3 Å². The fourth-order valence-corrected chi connectivity index (χ4v) is 3.11. The van der Waals surface area contributed by atoms with Gasteiger partial charge in [-0.25, -0.2) is 4.68 Å². The Bertz CT molecular complexity index is 744. The highest BCUT2D eigenvalue weighted by Gasteiger charge is 2.36. The van der Waals surface area contributed by atoms with Crippen molar-refractivity contribution in [1.29, 1.82) is 0 Å². The number of nitrogens with one attached hydrogen (secondary N) is 1. The van der Waals surface area contributed by atoms with Crippen LogP contribution in [-0.4, -0.2) is 39.6 Å². The lowest BCUT2D eigenvalue weighted by atomic mass is 9.90. The molecule has 0 amide bonds. The summed E-state index contributed by atoms with van der Waals surface area (Å²) in [5.74, 6) is -0.956. The Hall–Kier alpha value is -2.34. The number of aromatic nitrogens is 3. The van der Waals surface area contributed by atoms with Gasteiger partial charge >= 0.3 is 0 Å². The van der Waals surface area contributed by atoms with Crippen LogP contribution in [0.3, 0.4) is 0 Å². The van der Waals surface area contributed by atoms with Crippen molar-refractivity contribution in [1.82, 2.24) is 20.3 Å². The van der Waals surface area contributed by atoms with E-state index >= 15 is 0 Å². The summed E-state index contributed by atoms with van der Waals surface area (Å²) in [4.78, 5) is 24.7. The third-order valence-electron chi connectivity index (χ3n) is 4.20. The van der Waals surface area contributed by atoms with E-state index in [-0.39, 0.29) is 6.04 Å². The highest BCUT2D eigenvalue weighted by Crippen LogP contribution is 2.33. The van der Waals surface area contributed by atoms with E-state index in [2.05, 4.69) is 15.6 Å². The minimum Gasteiger partial charge on any atom is -0.317 e. The highest BCUT2D eigenvalue weighted by atomic mass is 16.2. The lowest BCUT2D eigenvalue weighted by molar-refractivity contribution is 0.0806. The molecule has 6 nitrogen and oxygen atoms in total. The maximum Gasteiger partial charge on any atom is 0.253 e. The van der Waals surface area contributed by atoms with Crippen molar-refractivity contribution in [2.75, 3.05) is 13.1 Å². The van der Waals surface area contributed by atoms with E-state index in [1.807, 2.05) is 12.1 Å². The van der Waals surface area contributed by atoms with Crippen LogP contribution in [0.1, 0.15) is 39.7 Å². The van der Waals surface area contributed by atoms with Crippen LogP contribution >= 0.6 is 0 Å². The minimum atomic E-state index is -0.493. The molecule has 1 aliphatic heterocycles. The molecule has 0 bridgehead atoms. The quantitative estimate of drug-likeness (QED) is 0.796. The molecule has 0 radical (unpaired) electrons. The van der Waals surface area contributed by atoms with Gasteiger partial charge in [-0.05, 0) is 25.9 Å². The molecular formula is C15H14N4O2. The Kier molecular flexibility index (Phi) is 2.71. The molecular weight excluding hydrogens is 268 g/mol. The van der Waals surface area contributed by atoms with Gasteiger partial charge in [-0.1, -0.05) is 29.5 Å². The maximum absolute atomic E-state index is 12.4. The average Bonchev–Trinajstić information content (AvgIpc) is 2.99. The van der Waals surface area contributed by atoms with Gasteiger partial charge in [0.1, 0.15) is 11.4 Å². The molecule has 1 aromatic heterocycles. The fraction of sp³-hybridized carbons (Fsp3) is 0.333. The maximum atomic E-state index is 12.4. The molecule has 1 aliphatic carbocycles. The smallest absolute Gasteiger partial charge is 0.253 e. The van der Waals surface area contributed by atoms with Gasteiger partial charge in [0.25, 0.3) is 5.78 Å². The monoisotopic (exact) mass is 282 g/mol. The molecule has 4 rings (SSSR count). The summed E-state index contributed by atoms with van der Waals surface area (Å²) in [6.07, 6.45) is 1.78.